The highest BCUT2D eigenvalue weighted by Gasteiger charge is 2.75. The van der Waals surface area contributed by atoms with Gasteiger partial charge < -0.3 is 4.90 Å². The topological polar surface area (TPSA) is 20.3 Å². The van der Waals surface area contributed by atoms with Crippen molar-refractivity contribution in [3.63, 3.8) is 0 Å². The van der Waals surface area contributed by atoms with Crippen LogP contribution in [0.4, 0.5) is 0 Å². The molecule has 0 aromatic heterocycles. The van der Waals surface area contributed by atoms with Crippen LogP contribution in [0.2, 0.25) is 0 Å². The van der Waals surface area contributed by atoms with E-state index in [2.05, 4.69) is 12.1 Å². The summed E-state index contributed by atoms with van der Waals surface area (Å²) in [4.78, 5) is 13.9. The first-order valence-corrected chi connectivity index (χ1v) is 5.52. The Morgan fingerprint density at radius 3 is 2.53 bits per heavy atom. The first-order valence-electron chi connectivity index (χ1n) is 5.52. The molecule has 2 nitrogen and oxygen atoms in total. The van der Waals surface area contributed by atoms with Gasteiger partial charge in [0.05, 0.1) is 5.41 Å². The normalized spacial score (nSPS) is 30.6. The smallest absolute Gasteiger partial charge is 0.229 e. The lowest BCUT2D eigenvalue weighted by atomic mass is 10.1. The van der Waals surface area contributed by atoms with Crippen molar-refractivity contribution in [2.45, 2.75) is 19.4 Å². The second-order valence-corrected chi connectivity index (χ2v) is 4.91. The van der Waals surface area contributed by atoms with E-state index in [9.17, 15) is 4.79 Å². The van der Waals surface area contributed by atoms with E-state index in [1.807, 2.05) is 30.1 Å². The molecular formula is C13H15NO. The zero-order valence-corrected chi connectivity index (χ0v) is 8.94. The molecule has 0 radical (unpaired) electrons. The zero-order valence-electron chi connectivity index (χ0n) is 8.94. The lowest BCUT2D eigenvalue weighted by Crippen LogP contribution is -2.30. The molecule has 2 heteroatoms. The highest BCUT2D eigenvalue weighted by molar-refractivity contribution is 5.89. The molecule has 78 valence electrons. The number of hydrogen-bond acceptors (Lipinski definition) is 1. The van der Waals surface area contributed by atoms with Crippen LogP contribution in [-0.4, -0.2) is 17.9 Å². The molecule has 0 spiro atoms. The fourth-order valence-electron chi connectivity index (χ4n) is 2.36. The summed E-state index contributed by atoms with van der Waals surface area (Å²) >= 11 is 0. The first kappa shape index (κ1) is 8.96. The fraction of sp³-hybridized carbons (Fsp3) is 0.462. The summed E-state index contributed by atoms with van der Waals surface area (Å²) in [5, 5.41) is 0. The molecule has 0 N–H and O–H groups in total. The number of fused-ring (bicyclic) bond motifs is 1. The minimum absolute atomic E-state index is 0.115. The number of carbonyl (C=O) groups excluding carboxylic acids is 1. The SMILES string of the molecule is CN(Cc1ccccc1)C(=O)C12CC1C2. The summed E-state index contributed by atoms with van der Waals surface area (Å²) in [6.07, 6.45) is 2.29. The molecule has 0 saturated heterocycles. The van der Waals surface area contributed by atoms with Gasteiger partial charge in [0.1, 0.15) is 0 Å². The van der Waals surface area contributed by atoms with Gasteiger partial charge >= 0.3 is 0 Å². The van der Waals surface area contributed by atoms with Crippen LogP contribution < -0.4 is 0 Å². The monoisotopic (exact) mass is 201 g/mol. The number of nitrogens with zero attached hydrogens (tertiary/aromatic N) is 1. The Kier molecular flexibility index (Phi) is 1.70. The van der Waals surface area contributed by atoms with Gasteiger partial charge in [-0.1, -0.05) is 30.3 Å². The Morgan fingerprint density at radius 2 is 2.00 bits per heavy atom. The largest absolute Gasteiger partial charge is 0.341 e. The number of hydrogen-bond donors (Lipinski definition) is 0. The molecule has 0 atom stereocenters. The van der Waals surface area contributed by atoms with E-state index in [0.717, 1.165) is 25.3 Å². The number of amides is 1. The van der Waals surface area contributed by atoms with Crippen LogP contribution in [0.1, 0.15) is 18.4 Å². The first-order chi connectivity index (χ1) is 7.22. The predicted octanol–water partition coefficient (Wildman–Crippen LogP) is 2.05. The molecule has 15 heavy (non-hydrogen) atoms. The van der Waals surface area contributed by atoms with Gasteiger partial charge in [-0.3, -0.25) is 4.79 Å². The summed E-state index contributed by atoms with van der Waals surface area (Å²) in [6.45, 7) is 0.744. The molecule has 1 amide bonds. The number of benzene rings is 1. The molecular weight excluding hydrogens is 186 g/mol. The molecule has 2 saturated carbocycles. The zero-order chi connectivity index (χ0) is 10.5. The van der Waals surface area contributed by atoms with Crippen molar-refractivity contribution in [1.82, 2.24) is 4.90 Å². The quantitative estimate of drug-likeness (QED) is 0.733. The van der Waals surface area contributed by atoms with E-state index >= 15 is 0 Å². The van der Waals surface area contributed by atoms with E-state index in [-0.39, 0.29) is 5.41 Å². The van der Waals surface area contributed by atoms with E-state index in [4.69, 9.17) is 0 Å². The molecule has 1 aromatic rings. The Hall–Kier alpha value is -1.31. The minimum atomic E-state index is 0.115. The number of carbonyl (C=O) groups is 1. The van der Waals surface area contributed by atoms with Gasteiger partial charge in [-0.2, -0.15) is 0 Å². The second-order valence-electron chi connectivity index (χ2n) is 4.91. The van der Waals surface area contributed by atoms with E-state index in [1.54, 1.807) is 0 Å². The predicted molar refractivity (Wildman–Crippen MR) is 58.1 cm³/mol. The molecule has 2 aliphatic rings. The lowest BCUT2D eigenvalue weighted by molar-refractivity contribution is -0.133. The Balaban J connectivity index is 1.66. The van der Waals surface area contributed by atoms with Crippen LogP contribution in [0.3, 0.4) is 0 Å². The molecule has 0 heterocycles. The highest BCUT2D eigenvalue weighted by atomic mass is 16.2. The molecule has 1 aromatic carbocycles. The van der Waals surface area contributed by atoms with Crippen molar-refractivity contribution in [3.8, 4) is 0 Å². The van der Waals surface area contributed by atoms with Gasteiger partial charge in [-0.25, -0.2) is 0 Å². The van der Waals surface area contributed by atoms with Gasteiger partial charge in [-0.15, -0.1) is 0 Å². The molecule has 2 fully saturated rings. The van der Waals surface area contributed by atoms with Crippen LogP contribution in [0.25, 0.3) is 0 Å². The minimum Gasteiger partial charge on any atom is -0.341 e. The van der Waals surface area contributed by atoms with E-state index in [0.29, 0.717) is 5.91 Å². The number of rotatable bonds is 3. The summed E-state index contributed by atoms with van der Waals surface area (Å²) in [5.74, 6) is 1.10. The molecule has 3 rings (SSSR count). The van der Waals surface area contributed by atoms with Crippen LogP contribution >= 0.6 is 0 Å². The van der Waals surface area contributed by atoms with Crippen molar-refractivity contribution >= 4 is 5.91 Å². The Morgan fingerprint density at radius 1 is 1.40 bits per heavy atom. The van der Waals surface area contributed by atoms with Crippen molar-refractivity contribution in [1.29, 1.82) is 0 Å². The second kappa shape index (κ2) is 2.84. The fourth-order valence-corrected chi connectivity index (χ4v) is 2.36. The van der Waals surface area contributed by atoms with E-state index < -0.39 is 0 Å². The van der Waals surface area contributed by atoms with Crippen LogP contribution in [0, 0.1) is 11.3 Å². The standard InChI is InChI=1S/C13H15NO/c1-14(9-10-5-3-2-4-6-10)12(15)13-7-11(13)8-13/h2-6,11H,7-9H2,1H3. The van der Waals surface area contributed by atoms with E-state index in [1.165, 1.54) is 5.56 Å². The maximum atomic E-state index is 12.0. The highest BCUT2D eigenvalue weighted by Crippen LogP contribution is 2.75. The van der Waals surface area contributed by atoms with Gasteiger partial charge in [-0.05, 0) is 24.3 Å². The Bertz CT molecular complexity index is 392. The van der Waals surface area contributed by atoms with Crippen molar-refractivity contribution in [3.05, 3.63) is 35.9 Å². The van der Waals surface area contributed by atoms with Crippen molar-refractivity contribution in [2.75, 3.05) is 7.05 Å². The van der Waals surface area contributed by atoms with Crippen molar-refractivity contribution in [2.24, 2.45) is 11.3 Å². The van der Waals surface area contributed by atoms with Crippen LogP contribution in [0.15, 0.2) is 30.3 Å². The molecule has 0 aliphatic heterocycles. The maximum Gasteiger partial charge on any atom is 0.229 e. The summed E-state index contributed by atoms with van der Waals surface area (Å²) in [6, 6.07) is 10.2. The Labute approximate surface area is 89.9 Å². The van der Waals surface area contributed by atoms with Gasteiger partial charge in [0.15, 0.2) is 0 Å². The third kappa shape index (κ3) is 1.36. The third-order valence-corrected chi connectivity index (χ3v) is 3.72. The summed E-state index contributed by atoms with van der Waals surface area (Å²) in [5.41, 5.74) is 1.33. The summed E-state index contributed by atoms with van der Waals surface area (Å²) < 4.78 is 0. The lowest BCUT2D eigenvalue weighted by Gasteiger charge is -2.18. The average Bonchev–Trinajstić information content (AvgIpc) is 3.06. The summed E-state index contributed by atoms with van der Waals surface area (Å²) in [7, 11) is 1.91. The van der Waals surface area contributed by atoms with Crippen LogP contribution in [0.5, 0.6) is 0 Å². The van der Waals surface area contributed by atoms with Gasteiger partial charge in [0.25, 0.3) is 0 Å². The third-order valence-electron chi connectivity index (χ3n) is 3.72. The molecule has 0 unspecified atom stereocenters. The molecule has 2 aliphatic carbocycles. The maximum absolute atomic E-state index is 12.0. The van der Waals surface area contributed by atoms with Gasteiger partial charge in [0.2, 0.25) is 5.91 Å². The average molecular weight is 201 g/mol. The van der Waals surface area contributed by atoms with Crippen molar-refractivity contribution < 1.29 is 4.79 Å². The van der Waals surface area contributed by atoms with Gasteiger partial charge in [0, 0.05) is 13.6 Å². The van der Waals surface area contributed by atoms with Crippen LogP contribution in [-0.2, 0) is 11.3 Å². The molecule has 0 bridgehead atoms.